The normalized spacial score (nSPS) is 12.9. The topological polar surface area (TPSA) is 9.23 Å². The molecule has 0 spiro atoms. The second kappa shape index (κ2) is 9.75. The Morgan fingerprint density at radius 3 is 2.00 bits per heavy atom. The van der Waals surface area contributed by atoms with Crippen LogP contribution in [0.25, 0.3) is 0 Å². The SMILES string of the molecule is CCCCCC/C=C(/C)O[Si](CC)(CC)CC. The van der Waals surface area contributed by atoms with E-state index in [0.717, 1.165) is 0 Å². The largest absolute Gasteiger partial charge is 0.547 e. The molecule has 0 saturated heterocycles. The first-order valence-electron chi connectivity index (χ1n) is 7.49. The maximum Gasteiger partial charge on any atom is 0.250 e. The Morgan fingerprint density at radius 1 is 0.941 bits per heavy atom. The van der Waals surface area contributed by atoms with Crippen LogP contribution in [0.2, 0.25) is 18.1 Å². The summed E-state index contributed by atoms with van der Waals surface area (Å²) in [5.74, 6) is 1.18. The molecule has 0 unspecified atom stereocenters. The van der Waals surface area contributed by atoms with E-state index in [0.29, 0.717) is 0 Å². The minimum Gasteiger partial charge on any atom is -0.547 e. The average molecular weight is 257 g/mol. The van der Waals surface area contributed by atoms with Crippen molar-refractivity contribution in [2.75, 3.05) is 0 Å². The molecule has 0 radical (unpaired) electrons. The lowest BCUT2D eigenvalue weighted by atomic mass is 10.1. The van der Waals surface area contributed by atoms with Crippen molar-refractivity contribution < 1.29 is 4.43 Å². The summed E-state index contributed by atoms with van der Waals surface area (Å²) in [6.45, 7) is 11.3. The van der Waals surface area contributed by atoms with Gasteiger partial charge >= 0.3 is 0 Å². The maximum atomic E-state index is 6.29. The summed E-state index contributed by atoms with van der Waals surface area (Å²) < 4.78 is 6.29. The third-order valence-electron chi connectivity index (χ3n) is 3.80. The van der Waals surface area contributed by atoms with Gasteiger partial charge in [0.05, 0.1) is 5.76 Å². The lowest BCUT2D eigenvalue weighted by molar-refractivity contribution is 0.403. The molecule has 0 aliphatic carbocycles. The second-order valence-electron chi connectivity index (χ2n) is 5.01. The van der Waals surface area contributed by atoms with Gasteiger partial charge in [-0.1, -0.05) is 47.0 Å². The molecule has 0 aromatic rings. The average Bonchev–Trinajstić information content (AvgIpc) is 2.36. The fraction of sp³-hybridized carbons (Fsp3) is 0.867. The van der Waals surface area contributed by atoms with Gasteiger partial charge in [-0.05, 0) is 44.0 Å². The van der Waals surface area contributed by atoms with E-state index < -0.39 is 8.32 Å². The highest BCUT2D eigenvalue weighted by molar-refractivity contribution is 6.73. The van der Waals surface area contributed by atoms with Gasteiger partial charge in [-0.25, -0.2) is 0 Å². The number of hydrogen-bond acceptors (Lipinski definition) is 1. The Labute approximate surface area is 110 Å². The predicted molar refractivity (Wildman–Crippen MR) is 80.8 cm³/mol. The van der Waals surface area contributed by atoms with Gasteiger partial charge in [-0.15, -0.1) is 0 Å². The molecule has 0 atom stereocenters. The molecule has 2 heteroatoms. The summed E-state index contributed by atoms with van der Waals surface area (Å²) in [6.07, 6.45) is 8.85. The molecule has 0 amide bonds. The minimum atomic E-state index is -1.42. The molecule has 17 heavy (non-hydrogen) atoms. The van der Waals surface area contributed by atoms with E-state index >= 15 is 0 Å². The third kappa shape index (κ3) is 6.92. The summed E-state index contributed by atoms with van der Waals surface area (Å²) in [4.78, 5) is 0. The fourth-order valence-electron chi connectivity index (χ4n) is 2.23. The molecule has 0 heterocycles. The van der Waals surface area contributed by atoms with Crippen LogP contribution in [0.15, 0.2) is 11.8 Å². The lowest BCUT2D eigenvalue weighted by Gasteiger charge is -2.29. The smallest absolute Gasteiger partial charge is 0.250 e. The zero-order valence-electron chi connectivity index (χ0n) is 12.6. The molecule has 0 aliphatic heterocycles. The van der Waals surface area contributed by atoms with Crippen LogP contribution in [0.1, 0.15) is 66.7 Å². The summed E-state index contributed by atoms with van der Waals surface area (Å²) in [5, 5.41) is 0. The van der Waals surface area contributed by atoms with Gasteiger partial charge in [-0.3, -0.25) is 0 Å². The van der Waals surface area contributed by atoms with Gasteiger partial charge in [0.15, 0.2) is 0 Å². The zero-order valence-corrected chi connectivity index (χ0v) is 13.6. The van der Waals surface area contributed by atoms with E-state index in [-0.39, 0.29) is 0 Å². The van der Waals surface area contributed by atoms with Crippen LogP contribution >= 0.6 is 0 Å². The molecule has 0 N–H and O–H groups in total. The third-order valence-corrected chi connectivity index (χ3v) is 8.42. The maximum absolute atomic E-state index is 6.29. The van der Waals surface area contributed by atoms with Gasteiger partial charge < -0.3 is 4.43 Å². The van der Waals surface area contributed by atoms with Crippen LogP contribution in [-0.2, 0) is 4.43 Å². The Balaban J connectivity index is 4.03. The summed E-state index contributed by atoms with van der Waals surface area (Å²) >= 11 is 0. The van der Waals surface area contributed by atoms with Gasteiger partial charge in [0, 0.05) is 0 Å². The Bertz CT molecular complexity index is 199. The van der Waals surface area contributed by atoms with Crippen LogP contribution < -0.4 is 0 Å². The summed E-state index contributed by atoms with van der Waals surface area (Å²) in [5.41, 5.74) is 0. The fourth-order valence-corrected chi connectivity index (χ4v) is 4.93. The first kappa shape index (κ1) is 16.8. The Kier molecular flexibility index (Phi) is 9.61. The van der Waals surface area contributed by atoms with Crippen molar-refractivity contribution in [3.05, 3.63) is 11.8 Å². The van der Waals surface area contributed by atoms with E-state index in [1.807, 2.05) is 0 Å². The molecule has 0 aromatic heterocycles. The number of hydrogen-bond donors (Lipinski definition) is 0. The molecule has 0 rings (SSSR count). The summed E-state index contributed by atoms with van der Waals surface area (Å²) in [7, 11) is -1.42. The van der Waals surface area contributed by atoms with E-state index in [1.165, 1.54) is 56.0 Å². The van der Waals surface area contributed by atoms with E-state index in [9.17, 15) is 0 Å². The Morgan fingerprint density at radius 2 is 1.53 bits per heavy atom. The van der Waals surface area contributed by atoms with Crippen molar-refractivity contribution in [2.24, 2.45) is 0 Å². The van der Waals surface area contributed by atoms with Crippen LogP contribution in [0.5, 0.6) is 0 Å². The van der Waals surface area contributed by atoms with Crippen molar-refractivity contribution >= 4 is 8.32 Å². The quantitative estimate of drug-likeness (QED) is 0.269. The lowest BCUT2D eigenvalue weighted by Crippen LogP contribution is -2.34. The molecule has 102 valence electrons. The number of allylic oxidation sites excluding steroid dienone is 2. The predicted octanol–water partition coefficient (Wildman–Crippen LogP) is 5.88. The standard InChI is InChI=1S/C15H32OSi/c1-6-10-11-12-13-14-15(5)16-17(7-2,8-3)9-4/h14H,6-13H2,1-5H3/b15-14-. The Hall–Kier alpha value is -0.243. The molecule has 0 bridgehead atoms. The number of unbranched alkanes of at least 4 members (excludes halogenated alkanes) is 4. The van der Waals surface area contributed by atoms with Crippen molar-refractivity contribution in [1.82, 2.24) is 0 Å². The van der Waals surface area contributed by atoms with Gasteiger partial charge in [0.1, 0.15) is 0 Å². The molecule has 0 aromatic carbocycles. The summed E-state index contributed by atoms with van der Waals surface area (Å²) in [6, 6.07) is 3.71. The molecular formula is C15H32OSi. The molecule has 0 saturated carbocycles. The highest BCUT2D eigenvalue weighted by Gasteiger charge is 2.30. The van der Waals surface area contributed by atoms with Crippen LogP contribution in [0, 0.1) is 0 Å². The van der Waals surface area contributed by atoms with Crippen molar-refractivity contribution in [3.8, 4) is 0 Å². The van der Waals surface area contributed by atoms with Crippen LogP contribution in [-0.4, -0.2) is 8.32 Å². The first-order valence-corrected chi connectivity index (χ1v) is 10.0. The van der Waals surface area contributed by atoms with Crippen molar-refractivity contribution in [1.29, 1.82) is 0 Å². The monoisotopic (exact) mass is 256 g/mol. The van der Waals surface area contributed by atoms with E-state index in [1.54, 1.807) is 0 Å². The highest BCUT2D eigenvalue weighted by atomic mass is 28.4. The van der Waals surface area contributed by atoms with Crippen LogP contribution in [0.4, 0.5) is 0 Å². The molecule has 1 nitrogen and oxygen atoms in total. The second-order valence-corrected chi connectivity index (χ2v) is 9.70. The van der Waals surface area contributed by atoms with Gasteiger partial charge in [-0.2, -0.15) is 0 Å². The van der Waals surface area contributed by atoms with Crippen molar-refractivity contribution in [3.63, 3.8) is 0 Å². The van der Waals surface area contributed by atoms with Gasteiger partial charge in [0.25, 0.3) is 0 Å². The van der Waals surface area contributed by atoms with E-state index in [4.69, 9.17) is 4.43 Å². The molecule has 0 aliphatic rings. The van der Waals surface area contributed by atoms with Crippen LogP contribution in [0.3, 0.4) is 0 Å². The van der Waals surface area contributed by atoms with E-state index in [2.05, 4.69) is 40.7 Å². The van der Waals surface area contributed by atoms with Crippen molar-refractivity contribution in [2.45, 2.75) is 84.9 Å². The minimum absolute atomic E-state index is 1.18. The highest BCUT2D eigenvalue weighted by Crippen LogP contribution is 2.24. The first-order chi connectivity index (χ1) is 8.14. The van der Waals surface area contributed by atoms with Gasteiger partial charge in [0.2, 0.25) is 8.32 Å². The molecule has 0 fully saturated rings. The number of rotatable bonds is 10. The zero-order chi connectivity index (χ0) is 13.1. The molecular weight excluding hydrogens is 224 g/mol.